The van der Waals surface area contributed by atoms with Crippen LogP contribution in [-0.4, -0.2) is 16.8 Å². The van der Waals surface area contributed by atoms with Gasteiger partial charge in [0.25, 0.3) is 5.91 Å². The number of aromatic nitrogens is 1. The third kappa shape index (κ3) is 4.40. The Morgan fingerprint density at radius 2 is 2.06 bits per heavy atom. The molecule has 6 heteroatoms. The van der Waals surface area contributed by atoms with Gasteiger partial charge in [0.1, 0.15) is 5.15 Å². The van der Waals surface area contributed by atoms with Gasteiger partial charge in [-0.05, 0) is 18.6 Å². The molecule has 0 aromatic carbocycles. The number of hydrogen-bond donors (Lipinski definition) is 2. The fourth-order valence-electron chi connectivity index (χ4n) is 1.28. The Kier molecular flexibility index (Phi) is 4.90. The summed E-state index contributed by atoms with van der Waals surface area (Å²) < 4.78 is 0. The van der Waals surface area contributed by atoms with E-state index in [-0.39, 0.29) is 11.1 Å². The highest BCUT2D eigenvalue weighted by atomic mass is 35.5. The molecule has 1 aromatic heterocycles. The normalized spacial score (nSPS) is 9.82. The Labute approximate surface area is 105 Å². The van der Waals surface area contributed by atoms with Crippen molar-refractivity contribution in [1.29, 1.82) is 0 Å². The number of aryl methyl sites for hydroxylation is 1. The van der Waals surface area contributed by atoms with Crippen LogP contribution in [0.25, 0.3) is 0 Å². The summed E-state index contributed by atoms with van der Waals surface area (Å²) in [6.07, 6.45) is 1.67. The summed E-state index contributed by atoms with van der Waals surface area (Å²) in [5.41, 5.74) is 5.62. The van der Waals surface area contributed by atoms with Crippen LogP contribution in [0.5, 0.6) is 0 Å². The highest BCUT2D eigenvalue weighted by Gasteiger charge is 2.09. The fraction of sp³-hybridized carbons (Fsp3) is 0.364. The molecule has 92 valence electrons. The van der Waals surface area contributed by atoms with Gasteiger partial charge in [0.2, 0.25) is 5.91 Å². The molecule has 0 aliphatic carbocycles. The van der Waals surface area contributed by atoms with E-state index in [0.717, 1.165) is 18.5 Å². The second kappa shape index (κ2) is 6.20. The lowest BCUT2D eigenvalue weighted by molar-refractivity contribution is -0.119. The first-order chi connectivity index (χ1) is 8.02. The van der Waals surface area contributed by atoms with Crippen LogP contribution in [0.2, 0.25) is 5.15 Å². The van der Waals surface area contributed by atoms with Crippen LogP contribution in [0.1, 0.15) is 36.3 Å². The Morgan fingerprint density at radius 1 is 1.35 bits per heavy atom. The largest absolute Gasteiger partial charge is 0.274 e. The molecule has 0 aliphatic rings. The van der Waals surface area contributed by atoms with Crippen molar-refractivity contribution in [2.75, 3.05) is 0 Å². The Balaban J connectivity index is 2.81. The summed E-state index contributed by atoms with van der Waals surface area (Å²) >= 11 is 5.81. The zero-order chi connectivity index (χ0) is 12.8. The van der Waals surface area contributed by atoms with E-state index in [1.54, 1.807) is 6.07 Å². The summed E-state index contributed by atoms with van der Waals surface area (Å²) in [4.78, 5) is 26.4. The lowest BCUT2D eigenvalue weighted by Crippen LogP contribution is -2.40. The van der Waals surface area contributed by atoms with Crippen molar-refractivity contribution in [1.82, 2.24) is 15.8 Å². The molecule has 0 atom stereocenters. The van der Waals surface area contributed by atoms with Crippen molar-refractivity contribution in [2.45, 2.75) is 26.7 Å². The topological polar surface area (TPSA) is 71.1 Å². The molecule has 1 rings (SSSR count). The minimum atomic E-state index is -0.415. The number of nitrogens with zero attached hydrogens (tertiary/aromatic N) is 1. The number of amides is 2. The monoisotopic (exact) mass is 255 g/mol. The van der Waals surface area contributed by atoms with Crippen LogP contribution < -0.4 is 10.9 Å². The molecule has 0 saturated carbocycles. The predicted molar refractivity (Wildman–Crippen MR) is 64.5 cm³/mol. The molecule has 0 radical (unpaired) electrons. The van der Waals surface area contributed by atoms with Gasteiger partial charge in [-0.1, -0.05) is 24.9 Å². The van der Waals surface area contributed by atoms with Gasteiger partial charge in [0.15, 0.2) is 0 Å². The summed E-state index contributed by atoms with van der Waals surface area (Å²) in [5.74, 6) is -0.755. The fourth-order valence-corrected chi connectivity index (χ4v) is 1.51. The molecule has 0 spiro atoms. The van der Waals surface area contributed by atoms with E-state index in [1.807, 2.05) is 6.92 Å². The van der Waals surface area contributed by atoms with Crippen LogP contribution in [0.3, 0.4) is 0 Å². The van der Waals surface area contributed by atoms with Gasteiger partial charge in [-0.2, -0.15) is 0 Å². The Bertz CT molecular complexity index is 435. The molecule has 1 heterocycles. The van der Waals surface area contributed by atoms with Crippen LogP contribution >= 0.6 is 11.6 Å². The van der Waals surface area contributed by atoms with Gasteiger partial charge in [-0.15, -0.1) is 0 Å². The number of carbonyl (C=O) groups is 2. The standard InChI is InChI=1S/C11H14ClN3O2/c1-3-4-9-5-8(6-10(12)13-9)11(17)15-14-7(2)16/h5-6H,3-4H2,1-2H3,(H,14,16)(H,15,17). The summed E-state index contributed by atoms with van der Waals surface area (Å²) in [6, 6.07) is 3.12. The second-order valence-electron chi connectivity index (χ2n) is 3.56. The number of hydrogen-bond acceptors (Lipinski definition) is 3. The van der Waals surface area contributed by atoms with Crippen molar-refractivity contribution in [3.05, 3.63) is 28.5 Å². The van der Waals surface area contributed by atoms with Gasteiger partial charge in [0.05, 0.1) is 0 Å². The summed E-state index contributed by atoms with van der Waals surface area (Å²) in [6.45, 7) is 3.32. The molecule has 0 saturated heterocycles. The van der Waals surface area contributed by atoms with E-state index < -0.39 is 5.91 Å². The first-order valence-electron chi connectivity index (χ1n) is 5.26. The quantitative estimate of drug-likeness (QED) is 0.635. The maximum atomic E-state index is 11.6. The zero-order valence-corrected chi connectivity index (χ0v) is 10.5. The molecule has 17 heavy (non-hydrogen) atoms. The number of nitrogens with one attached hydrogen (secondary N) is 2. The molecule has 0 aliphatic heterocycles. The second-order valence-corrected chi connectivity index (χ2v) is 3.94. The molecule has 0 fully saturated rings. The average molecular weight is 256 g/mol. The maximum Gasteiger partial charge on any atom is 0.269 e. The SMILES string of the molecule is CCCc1cc(C(=O)NNC(C)=O)cc(Cl)n1. The molecule has 2 N–H and O–H groups in total. The third-order valence-electron chi connectivity index (χ3n) is 1.97. The Hall–Kier alpha value is -1.62. The molecular weight excluding hydrogens is 242 g/mol. The number of pyridine rings is 1. The van der Waals surface area contributed by atoms with Crippen LogP contribution in [0, 0.1) is 0 Å². The lowest BCUT2D eigenvalue weighted by atomic mass is 10.1. The van der Waals surface area contributed by atoms with Crippen molar-refractivity contribution in [2.24, 2.45) is 0 Å². The van der Waals surface area contributed by atoms with Crippen molar-refractivity contribution >= 4 is 23.4 Å². The van der Waals surface area contributed by atoms with E-state index in [2.05, 4.69) is 15.8 Å². The van der Waals surface area contributed by atoms with Crippen LogP contribution in [0.4, 0.5) is 0 Å². The van der Waals surface area contributed by atoms with Gasteiger partial charge in [0, 0.05) is 18.2 Å². The van der Waals surface area contributed by atoms with Crippen molar-refractivity contribution in [3.8, 4) is 0 Å². The maximum absolute atomic E-state index is 11.6. The van der Waals surface area contributed by atoms with E-state index in [9.17, 15) is 9.59 Å². The molecule has 1 aromatic rings. The van der Waals surface area contributed by atoms with Crippen molar-refractivity contribution in [3.63, 3.8) is 0 Å². The molecular formula is C11H14ClN3O2. The van der Waals surface area contributed by atoms with E-state index in [1.165, 1.54) is 13.0 Å². The molecule has 5 nitrogen and oxygen atoms in total. The van der Waals surface area contributed by atoms with Gasteiger partial charge in [-0.25, -0.2) is 4.98 Å². The van der Waals surface area contributed by atoms with E-state index >= 15 is 0 Å². The molecule has 0 bridgehead atoms. The van der Waals surface area contributed by atoms with Gasteiger partial charge >= 0.3 is 0 Å². The summed E-state index contributed by atoms with van der Waals surface area (Å²) in [7, 11) is 0. The third-order valence-corrected chi connectivity index (χ3v) is 2.16. The van der Waals surface area contributed by atoms with E-state index in [0.29, 0.717) is 5.56 Å². The minimum absolute atomic E-state index is 0.268. The lowest BCUT2D eigenvalue weighted by Gasteiger charge is -2.07. The summed E-state index contributed by atoms with van der Waals surface area (Å²) in [5, 5.41) is 0.268. The minimum Gasteiger partial charge on any atom is -0.274 e. The zero-order valence-electron chi connectivity index (χ0n) is 9.71. The molecule has 0 unspecified atom stereocenters. The number of carbonyl (C=O) groups excluding carboxylic acids is 2. The highest BCUT2D eigenvalue weighted by Crippen LogP contribution is 2.12. The van der Waals surface area contributed by atoms with Crippen LogP contribution in [-0.2, 0) is 11.2 Å². The Morgan fingerprint density at radius 3 is 2.65 bits per heavy atom. The van der Waals surface area contributed by atoms with Gasteiger partial charge in [-0.3, -0.25) is 20.4 Å². The van der Waals surface area contributed by atoms with Crippen molar-refractivity contribution < 1.29 is 9.59 Å². The van der Waals surface area contributed by atoms with Crippen LogP contribution in [0.15, 0.2) is 12.1 Å². The first kappa shape index (κ1) is 13.4. The van der Waals surface area contributed by atoms with Gasteiger partial charge < -0.3 is 0 Å². The number of rotatable bonds is 3. The smallest absolute Gasteiger partial charge is 0.269 e. The first-order valence-corrected chi connectivity index (χ1v) is 5.64. The number of hydrazine groups is 1. The predicted octanol–water partition coefficient (Wildman–Crippen LogP) is 1.47. The molecule has 2 amide bonds. The van der Waals surface area contributed by atoms with E-state index in [4.69, 9.17) is 11.6 Å². The average Bonchev–Trinajstić information content (AvgIpc) is 2.25. The highest BCUT2D eigenvalue weighted by molar-refractivity contribution is 6.29. The number of halogens is 1.